The number of hydrogen-bond donors (Lipinski definition) is 2. The summed E-state index contributed by atoms with van der Waals surface area (Å²) in [6, 6.07) is 17.6. The lowest BCUT2D eigenvalue weighted by Gasteiger charge is -2.25. The fraction of sp³-hybridized carbons (Fsp3) is 0.269. The Hall–Kier alpha value is -2.52. The molecule has 0 bridgehead atoms. The molecule has 0 spiro atoms. The number of thiol groups is 1. The zero-order valence-corrected chi connectivity index (χ0v) is 18.7. The first-order valence-corrected chi connectivity index (χ1v) is 10.5. The molecule has 0 aliphatic heterocycles. The van der Waals surface area contributed by atoms with Crippen molar-refractivity contribution < 1.29 is 0 Å². The smallest absolute Gasteiger partial charge is 0.0531 e. The molecule has 0 fully saturated rings. The first-order chi connectivity index (χ1) is 13.9. The van der Waals surface area contributed by atoms with Crippen molar-refractivity contribution in [3.8, 4) is 0 Å². The normalized spacial score (nSPS) is 13.1. The first-order valence-electron chi connectivity index (χ1n) is 10.1. The minimum Gasteiger partial charge on any atom is -0.283 e. The second-order valence-electron chi connectivity index (χ2n) is 7.85. The van der Waals surface area contributed by atoms with Gasteiger partial charge in [0.15, 0.2) is 0 Å². The average molecular weight is 403 g/mol. The maximum Gasteiger partial charge on any atom is 0.0531 e. The quantitative estimate of drug-likeness (QED) is 0.333. The number of nitrogens with zero attached hydrogens (tertiary/aromatic N) is 1. The van der Waals surface area contributed by atoms with Gasteiger partial charge in [0.1, 0.15) is 0 Å². The standard InChI is InChI=1S/C26H30N2S/c1-17(2)25(20(5)29)26(24-16-27-28-19(24)4)23-9-7-6-8-22(23)15-14-21-12-10-18(3)11-13-21/h6-13,16,26,29H,1,14-15H2,2-5H3,(H,27,28)/b25-20+. The summed E-state index contributed by atoms with van der Waals surface area (Å²) < 4.78 is 0. The van der Waals surface area contributed by atoms with Crippen molar-refractivity contribution in [1.29, 1.82) is 0 Å². The topological polar surface area (TPSA) is 28.7 Å². The average Bonchev–Trinajstić information content (AvgIpc) is 3.11. The lowest BCUT2D eigenvalue weighted by molar-refractivity contribution is 0.878. The summed E-state index contributed by atoms with van der Waals surface area (Å²) in [7, 11) is 0. The molecule has 0 amide bonds. The summed E-state index contributed by atoms with van der Waals surface area (Å²) in [6.07, 6.45) is 3.94. The summed E-state index contributed by atoms with van der Waals surface area (Å²) in [6.45, 7) is 12.6. The number of hydrogen-bond acceptors (Lipinski definition) is 2. The van der Waals surface area contributed by atoms with Crippen LogP contribution in [0.15, 0.2) is 77.4 Å². The fourth-order valence-electron chi connectivity index (χ4n) is 3.97. The monoisotopic (exact) mass is 402 g/mol. The van der Waals surface area contributed by atoms with Crippen LogP contribution in [0.1, 0.15) is 53.3 Å². The molecule has 0 aliphatic carbocycles. The molecular weight excluding hydrogens is 372 g/mol. The van der Waals surface area contributed by atoms with Crippen molar-refractivity contribution in [3.63, 3.8) is 0 Å². The van der Waals surface area contributed by atoms with Crippen LogP contribution in [0.5, 0.6) is 0 Å². The molecule has 150 valence electrons. The molecule has 0 radical (unpaired) electrons. The van der Waals surface area contributed by atoms with Gasteiger partial charge in [-0.2, -0.15) is 5.10 Å². The van der Waals surface area contributed by atoms with Crippen molar-refractivity contribution in [2.45, 2.75) is 46.5 Å². The van der Waals surface area contributed by atoms with Gasteiger partial charge in [0, 0.05) is 17.2 Å². The number of aryl methyl sites for hydroxylation is 4. The second-order valence-corrected chi connectivity index (χ2v) is 8.52. The third kappa shape index (κ3) is 4.91. The molecule has 0 saturated carbocycles. The van der Waals surface area contributed by atoms with Gasteiger partial charge in [0.05, 0.1) is 6.20 Å². The molecule has 2 nitrogen and oxygen atoms in total. The van der Waals surface area contributed by atoms with E-state index in [1.807, 2.05) is 13.1 Å². The number of H-pyrrole nitrogens is 1. The van der Waals surface area contributed by atoms with E-state index < -0.39 is 0 Å². The largest absolute Gasteiger partial charge is 0.283 e. The Morgan fingerprint density at radius 1 is 1.00 bits per heavy atom. The highest BCUT2D eigenvalue weighted by Gasteiger charge is 2.25. The zero-order chi connectivity index (χ0) is 21.0. The van der Waals surface area contributed by atoms with Crippen LogP contribution in [0.4, 0.5) is 0 Å². The zero-order valence-electron chi connectivity index (χ0n) is 17.8. The minimum atomic E-state index is 0.0676. The molecule has 1 N–H and O–H groups in total. The fourth-order valence-corrected chi connectivity index (χ4v) is 4.29. The lowest BCUT2D eigenvalue weighted by Crippen LogP contribution is -2.11. The van der Waals surface area contributed by atoms with Crippen LogP contribution in [0, 0.1) is 13.8 Å². The highest BCUT2D eigenvalue weighted by Crippen LogP contribution is 2.40. The highest BCUT2D eigenvalue weighted by atomic mass is 32.1. The van der Waals surface area contributed by atoms with Gasteiger partial charge < -0.3 is 0 Å². The molecule has 3 heteroatoms. The van der Waals surface area contributed by atoms with Crippen LogP contribution >= 0.6 is 12.6 Å². The molecule has 0 aliphatic rings. The van der Waals surface area contributed by atoms with Gasteiger partial charge in [-0.3, -0.25) is 5.10 Å². The Balaban J connectivity index is 2.05. The van der Waals surface area contributed by atoms with E-state index in [0.29, 0.717) is 0 Å². The Morgan fingerprint density at radius 2 is 1.69 bits per heavy atom. The SMILES string of the molecule is C=C(C)/C(=C(/C)S)C(c1ccccc1CCc1ccc(C)cc1)c1cn[nH]c1C. The highest BCUT2D eigenvalue weighted by molar-refractivity contribution is 7.84. The van der Waals surface area contributed by atoms with Crippen molar-refractivity contribution in [3.05, 3.63) is 111 Å². The second kappa shape index (κ2) is 9.32. The van der Waals surface area contributed by atoms with Crippen LogP contribution in [-0.2, 0) is 12.8 Å². The van der Waals surface area contributed by atoms with Crippen LogP contribution in [0.3, 0.4) is 0 Å². The number of rotatable bonds is 7. The Labute approximate surface area is 180 Å². The molecule has 1 heterocycles. The van der Waals surface area contributed by atoms with E-state index in [2.05, 4.69) is 86.1 Å². The summed E-state index contributed by atoms with van der Waals surface area (Å²) in [5.41, 5.74) is 9.78. The van der Waals surface area contributed by atoms with Crippen molar-refractivity contribution in [2.75, 3.05) is 0 Å². The summed E-state index contributed by atoms with van der Waals surface area (Å²) in [5, 5.41) is 7.41. The van der Waals surface area contributed by atoms with Gasteiger partial charge in [-0.15, -0.1) is 12.6 Å². The number of nitrogens with one attached hydrogen (secondary N) is 1. The van der Waals surface area contributed by atoms with Gasteiger partial charge in [-0.1, -0.05) is 66.2 Å². The molecule has 1 aromatic heterocycles. The van der Waals surface area contributed by atoms with Crippen LogP contribution in [-0.4, -0.2) is 10.2 Å². The summed E-state index contributed by atoms with van der Waals surface area (Å²) in [5.74, 6) is 0.0676. The van der Waals surface area contributed by atoms with E-state index in [9.17, 15) is 0 Å². The molecule has 1 unspecified atom stereocenters. The van der Waals surface area contributed by atoms with Gasteiger partial charge >= 0.3 is 0 Å². The van der Waals surface area contributed by atoms with Gasteiger partial charge in [0.25, 0.3) is 0 Å². The molecule has 3 rings (SSSR count). The first kappa shape index (κ1) is 21.2. The summed E-state index contributed by atoms with van der Waals surface area (Å²) in [4.78, 5) is 0.997. The molecular formula is C26H30N2S. The number of aromatic nitrogens is 2. The summed E-state index contributed by atoms with van der Waals surface area (Å²) >= 11 is 4.73. The van der Waals surface area contributed by atoms with Crippen LogP contribution < -0.4 is 0 Å². The third-order valence-electron chi connectivity index (χ3n) is 5.49. The maximum absolute atomic E-state index is 4.73. The maximum atomic E-state index is 4.73. The van der Waals surface area contributed by atoms with Crippen LogP contribution in [0.2, 0.25) is 0 Å². The van der Waals surface area contributed by atoms with Crippen molar-refractivity contribution in [2.24, 2.45) is 0 Å². The van der Waals surface area contributed by atoms with E-state index in [1.165, 1.54) is 33.4 Å². The van der Waals surface area contributed by atoms with Crippen molar-refractivity contribution >= 4 is 12.6 Å². The predicted octanol–water partition coefficient (Wildman–Crippen LogP) is 6.72. The lowest BCUT2D eigenvalue weighted by atomic mass is 9.79. The van der Waals surface area contributed by atoms with Gasteiger partial charge in [0.2, 0.25) is 0 Å². The van der Waals surface area contributed by atoms with E-state index in [1.54, 1.807) is 0 Å². The molecule has 3 aromatic rings. The number of benzene rings is 2. The molecule has 1 atom stereocenters. The van der Waals surface area contributed by atoms with E-state index in [4.69, 9.17) is 12.6 Å². The van der Waals surface area contributed by atoms with Crippen molar-refractivity contribution in [1.82, 2.24) is 10.2 Å². The van der Waals surface area contributed by atoms with Gasteiger partial charge in [-0.05, 0) is 67.7 Å². The Bertz CT molecular complexity index is 1020. The molecule has 0 saturated heterocycles. The van der Waals surface area contributed by atoms with Crippen LogP contribution in [0.25, 0.3) is 0 Å². The molecule has 29 heavy (non-hydrogen) atoms. The minimum absolute atomic E-state index is 0.0676. The third-order valence-corrected chi connectivity index (χ3v) is 5.73. The number of aromatic amines is 1. The van der Waals surface area contributed by atoms with Gasteiger partial charge in [-0.25, -0.2) is 0 Å². The Morgan fingerprint density at radius 3 is 2.28 bits per heavy atom. The molecule has 2 aromatic carbocycles. The predicted molar refractivity (Wildman–Crippen MR) is 127 cm³/mol. The number of allylic oxidation sites excluding steroid dienone is 3. The Kier molecular flexibility index (Phi) is 6.81. The van der Waals surface area contributed by atoms with E-state index in [-0.39, 0.29) is 5.92 Å². The van der Waals surface area contributed by atoms with E-state index in [0.717, 1.165) is 29.0 Å². The van der Waals surface area contributed by atoms with E-state index >= 15 is 0 Å².